The van der Waals surface area contributed by atoms with Crippen molar-refractivity contribution in [2.24, 2.45) is 5.73 Å². The van der Waals surface area contributed by atoms with Gasteiger partial charge in [-0.05, 0) is 42.3 Å². The van der Waals surface area contributed by atoms with Gasteiger partial charge in [0, 0.05) is 41.2 Å². The Bertz CT molecular complexity index is 1290. The summed E-state index contributed by atoms with van der Waals surface area (Å²) in [6, 6.07) is 21.3. The smallest absolute Gasteiger partial charge is 0.226 e. The lowest BCUT2D eigenvalue weighted by atomic mass is 10.0. The van der Waals surface area contributed by atoms with E-state index in [4.69, 9.17) is 11.1 Å². The van der Waals surface area contributed by atoms with Gasteiger partial charge in [0.25, 0.3) is 0 Å². The third kappa shape index (κ3) is 7.42. The van der Waals surface area contributed by atoms with Crippen molar-refractivity contribution in [2.45, 2.75) is 43.5 Å². The SMILES string of the molecule is CCCC[C@@H](CC(=O)Nc1ccc(-c2ccccc2S(C)(=O)=O)cc1)Nc1cccc(C(=N)N)c1. The number of nitrogens with two attached hydrogens (primary N) is 1. The fourth-order valence-corrected chi connectivity index (χ4v) is 4.80. The topological polar surface area (TPSA) is 125 Å². The van der Waals surface area contributed by atoms with Gasteiger partial charge in [0.05, 0.1) is 4.90 Å². The van der Waals surface area contributed by atoms with Crippen LogP contribution in [0.2, 0.25) is 0 Å². The van der Waals surface area contributed by atoms with E-state index in [9.17, 15) is 13.2 Å². The van der Waals surface area contributed by atoms with Crippen molar-refractivity contribution in [1.82, 2.24) is 0 Å². The number of nitrogen functional groups attached to an aromatic ring is 1. The van der Waals surface area contributed by atoms with E-state index in [1.165, 1.54) is 6.26 Å². The van der Waals surface area contributed by atoms with Crippen molar-refractivity contribution < 1.29 is 13.2 Å². The monoisotopic (exact) mass is 492 g/mol. The molecule has 8 heteroatoms. The van der Waals surface area contributed by atoms with Crippen molar-refractivity contribution in [2.75, 3.05) is 16.9 Å². The summed E-state index contributed by atoms with van der Waals surface area (Å²) < 4.78 is 24.2. The number of rotatable bonds is 11. The van der Waals surface area contributed by atoms with E-state index >= 15 is 0 Å². The molecular formula is C27H32N4O3S. The summed E-state index contributed by atoms with van der Waals surface area (Å²) in [4.78, 5) is 13.1. The van der Waals surface area contributed by atoms with Gasteiger partial charge in [0.15, 0.2) is 9.84 Å². The maximum absolute atomic E-state index is 12.8. The van der Waals surface area contributed by atoms with Gasteiger partial charge in [-0.3, -0.25) is 10.2 Å². The van der Waals surface area contributed by atoms with Gasteiger partial charge < -0.3 is 16.4 Å². The van der Waals surface area contributed by atoms with Crippen molar-refractivity contribution in [3.05, 3.63) is 78.4 Å². The zero-order valence-corrected chi connectivity index (χ0v) is 20.9. The van der Waals surface area contributed by atoms with Crippen LogP contribution in [0.1, 0.15) is 38.2 Å². The number of amides is 1. The number of anilines is 2. The molecule has 3 rings (SSSR count). The van der Waals surface area contributed by atoms with Crippen LogP contribution in [0.25, 0.3) is 11.1 Å². The molecule has 0 aliphatic carbocycles. The Morgan fingerprint density at radius 1 is 1.00 bits per heavy atom. The van der Waals surface area contributed by atoms with Gasteiger partial charge in [-0.2, -0.15) is 0 Å². The van der Waals surface area contributed by atoms with Crippen LogP contribution >= 0.6 is 0 Å². The summed E-state index contributed by atoms with van der Waals surface area (Å²) in [7, 11) is -3.36. The Hall–Kier alpha value is -3.65. The van der Waals surface area contributed by atoms with E-state index in [-0.39, 0.29) is 29.1 Å². The highest BCUT2D eigenvalue weighted by molar-refractivity contribution is 7.90. The molecule has 0 aliphatic rings. The van der Waals surface area contributed by atoms with Crippen molar-refractivity contribution in [3.63, 3.8) is 0 Å². The quantitative estimate of drug-likeness (QED) is 0.220. The van der Waals surface area contributed by atoms with Crippen molar-refractivity contribution >= 4 is 33.0 Å². The highest BCUT2D eigenvalue weighted by Gasteiger charge is 2.16. The molecule has 3 aromatic carbocycles. The number of carbonyl (C=O) groups is 1. The molecule has 0 aromatic heterocycles. The minimum atomic E-state index is -3.36. The predicted octanol–water partition coefficient (Wildman–Crippen LogP) is 5.04. The largest absolute Gasteiger partial charge is 0.384 e. The van der Waals surface area contributed by atoms with Crippen LogP contribution in [0, 0.1) is 5.41 Å². The molecule has 1 amide bonds. The lowest BCUT2D eigenvalue weighted by Crippen LogP contribution is -2.26. The third-order valence-electron chi connectivity index (χ3n) is 5.65. The van der Waals surface area contributed by atoms with Crippen LogP contribution < -0.4 is 16.4 Å². The Morgan fingerprint density at radius 2 is 1.71 bits per heavy atom. The first-order valence-electron chi connectivity index (χ1n) is 11.6. The fraction of sp³-hybridized carbons (Fsp3) is 0.259. The molecule has 0 unspecified atom stereocenters. The number of unbranched alkanes of at least 4 members (excludes halogenated alkanes) is 1. The number of amidine groups is 1. The number of sulfone groups is 1. The van der Waals surface area contributed by atoms with E-state index in [0.717, 1.165) is 30.5 Å². The van der Waals surface area contributed by atoms with Crippen LogP contribution in [0.5, 0.6) is 0 Å². The minimum Gasteiger partial charge on any atom is -0.384 e. The summed E-state index contributed by atoms with van der Waals surface area (Å²) in [6.45, 7) is 2.11. The van der Waals surface area contributed by atoms with E-state index in [2.05, 4.69) is 17.6 Å². The molecule has 5 N–H and O–H groups in total. The number of carbonyl (C=O) groups excluding carboxylic acids is 1. The zero-order chi connectivity index (χ0) is 25.4. The summed E-state index contributed by atoms with van der Waals surface area (Å²) >= 11 is 0. The second-order valence-electron chi connectivity index (χ2n) is 8.58. The molecule has 35 heavy (non-hydrogen) atoms. The van der Waals surface area contributed by atoms with Crippen LogP contribution in [-0.2, 0) is 14.6 Å². The highest BCUT2D eigenvalue weighted by atomic mass is 32.2. The van der Waals surface area contributed by atoms with Crippen LogP contribution in [0.3, 0.4) is 0 Å². The predicted molar refractivity (Wildman–Crippen MR) is 143 cm³/mol. The van der Waals surface area contributed by atoms with Crippen molar-refractivity contribution in [1.29, 1.82) is 5.41 Å². The van der Waals surface area contributed by atoms with E-state index in [1.807, 2.05) is 18.2 Å². The number of benzene rings is 3. The Labute approximate surface area is 207 Å². The fourth-order valence-electron chi connectivity index (χ4n) is 3.89. The maximum atomic E-state index is 12.8. The molecule has 0 spiro atoms. The lowest BCUT2D eigenvalue weighted by molar-refractivity contribution is -0.116. The zero-order valence-electron chi connectivity index (χ0n) is 20.0. The molecule has 184 valence electrons. The van der Waals surface area contributed by atoms with Gasteiger partial charge in [0.1, 0.15) is 5.84 Å². The molecule has 0 heterocycles. The molecule has 1 atom stereocenters. The minimum absolute atomic E-state index is 0.000826. The molecule has 3 aromatic rings. The first-order chi connectivity index (χ1) is 16.7. The van der Waals surface area contributed by atoms with Crippen LogP contribution in [-0.4, -0.2) is 32.5 Å². The molecule has 0 bridgehead atoms. The first-order valence-corrected chi connectivity index (χ1v) is 13.5. The van der Waals surface area contributed by atoms with Gasteiger partial charge in [-0.15, -0.1) is 0 Å². The van der Waals surface area contributed by atoms with Gasteiger partial charge in [-0.1, -0.05) is 62.2 Å². The summed E-state index contributed by atoms with van der Waals surface area (Å²) in [5.41, 5.74) is 9.08. The summed E-state index contributed by atoms with van der Waals surface area (Å²) in [5, 5.41) is 14.0. The average molecular weight is 493 g/mol. The standard InChI is InChI=1S/C27H32N4O3S/c1-3-4-9-23(30-22-10-7-8-20(17-22)27(28)29)18-26(32)31-21-15-13-19(14-16-21)24-11-5-6-12-25(24)35(2,33)34/h5-8,10-17,23,30H,3-4,9,18H2,1-2H3,(H3,28,29)(H,31,32)/t23-/m0/s1. The Kier molecular flexibility index (Phi) is 8.65. The number of hydrogen-bond donors (Lipinski definition) is 4. The number of hydrogen-bond acceptors (Lipinski definition) is 5. The molecule has 0 radical (unpaired) electrons. The normalized spacial score (nSPS) is 12.1. The summed E-state index contributed by atoms with van der Waals surface area (Å²) in [5.74, 6) is -0.121. The van der Waals surface area contributed by atoms with Gasteiger partial charge in [0.2, 0.25) is 5.91 Å². The molecule has 7 nitrogen and oxygen atoms in total. The summed E-state index contributed by atoms with van der Waals surface area (Å²) in [6.07, 6.45) is 4.30. The highest BCUT2D eigenvalue weighted by Crippen LogP contribution is 2.28. The van der Waals surface area contributed by atoms with E-state index in [1.54, 1.807) is 54.6 Å². The molecule has 0 saturated carbocycles. The van der Waals surface area contributed by atoms with Crippen LogP contribution in [0.4, 0.5) is 11.4 Å². The molecular weight excluding hydrogens is 460 g/mol. The number of nitrogens with one attached hydrogen (secondary N) is 3. The third-order valence-corrected chi connectivity index (χ3v) is 6.80. The Morgan fingerprint density at radius 3 is 2.37 bits per heavy atom. The molecule has 0 saturated heterocycles. The Balaban J connectivity index is 1.69. The molecule has 0 fully saturated rings. The van der Waals surface area contributed by atoms with Gasteiger partial charge >= 0.3 is 0 Å². The first kappa shape index (κ1) is 26.0. The second kappa shape index (κ2) is 11.7. The average Bonchev–Trinajstić information content (AvgIpc) is 2.82. The van der Waals surface area contributed by atoms with Crippen molar-refractivity contribution in [3.8, 4) is 11.1 Å². The second-order valence-corrected chi connectivity index (χ2v) is 10.6. The maximum Gasteiger partial charge on any atom is 0.226 e. The lowest BCUT2D eigenvalue weighted by Gasteiger charge is -2.20. The van der Waals surface area contributed by atoms with Gasteiger partial charge in [-0.25, -0.2) is 8.42 Å². The molecule has 0 aliphatic heterocycles. The van der Waals surface area contributed by atoms with E-state index < -0.39 is 9.84 Å². The van der Waals surface area contributed by atoms with E-state index in [0.29, 0.717) is 16.8 Å². The van der Waals surface area contributed by atoms with Crippen LogP contribution in [0.15, 0.2) is 77.7 Å².